The molecule has 4 nitrogen and oxygen atoms in total. The summed E-state index contributed by atoms with van der Waals surface area (Å²) >= 11 is 0. The van der Waals surface area contributed by atoms with E-state index in [1.165, 1.54) is 0 Å². The Morgan fingerprint density at radius 1 is 1.75 bits per heavy atom. The van der Waals surface area contributed by atoms with Gasteiger partial charge in [-0.3, -0.25) is 5.01 Å². The summed E-state index contributed by atoms with van der Waals surface area (Å²) in [6, 6.07) is -0.427. The molecule has 2 rings (SSSR count). The molecular weight excluding hydrogens is 156 g/mol. The number of aliphatic carboxylic acids is 1. The van der Waals surface area contributed by atoms with Gasteiger partial charge in [-0.1, -0.05) is 0 Å². The maximum Gasteiger partial charge on any atom is 0.328 e. The van der Waals surface area contributed by atoms with Crippen molar-refractivity contribution in [2.24, 2.45) is 16.9 Å². The molecule has 2 fully saturated rings. The smallest absolute Gasteiger partial charge is 0.328 e. The zero-order valence-corrected chi connectivity index (χ0v) is 6.60. The summed E-state index contributed by atoms with van der Waals surface area (Å²) in [6.07, 6.45) is 1.04. The molecular formula is C8H10N2O2. The van der Waals surface area contributed by atoms with Gasteiger partial charge in [0.05, 0.1) is 0 Å². The standard InChI is InChI=1S/C8H10N2O2/c1-2-9-10-4-5-3-6(5)7(10)8(11)12/h5-7H,1,3-4H2,(H,11,12). The lowest BCUT2D eigenvalue weighted by molar-refractivity contribution is -0.143. The van der Waals surface area contributed by atoms with Gasteiger partial charge in [-0.05, 0) is 24.8 Å². The SMILES string of the molecule is C=C=NN1CC2CC2C1C(=O)O. The number of rotatable bonds is 2. The first-order chi connectivity index (χ1) is 5.74. The van der Waals surface area contributed by atoms with Crippen LogP contribution in [0.3, 0.4) is 0 Å². The molecule has 1 heterocycles. The third kappa shape index (κ3) is 0.924. The highest BCUT2D eigenvalue weighted by atomic mass is 16.4. The summed E-state index contributed by atoms with van der Waals surface area (Å²) in [4.78, 5) is 10.8. The van der Waals surface area contributed by atoms with Crippen molar-refractivity contribution in [1.82, 2.24) is 5.01 Å². The van der Waals surface area contributed by atoms with Crippen LogP contribution < -0.4 is 0 Å². The van der Waals surface area contributed by atoms with Crippen LogP contribution >= 0.6 is 0 Å². The van der Waals surface area contributed by atoms with Crippen molar-refractivity contribution < 1.29 is 9.90 Å². The van der Waals surface area contributed by atoms with Gasteiger partial charge in [-0.2, -0.15) is 0 Å². The van der Waals surface area contributed by atoms with E-state index in [4.69, 9.17) is 5.11 Å². The number of hydrogen-bond donors (Lipinski definition) is 1. The highest BCUT2D eigenvalue weighted by molar-refractivity contribution is 5.75. The molecule has 0 amide bonds. The lowest BCUT2D eigenvalue weighted by Gasteiger charge is -2.18. The zero-order valence-electron chi connectivity index (χ0n) is 6.60. The topological polar surface area (TPSA) is 52.9 Å². The van der Waals surface area contributed by atoms with Gasteiger partial charge in [0.25, 0.3) is 0 Å². The van der Waals surface area contributed by atoms with Gasteiger partial charge < -0.3 is 5.11 Å². The predicted octanol–water partition coefficient (Wildman–Crippen LogP) is 0.162. The van der Waals surface area contributed by atoms with Gasteiger partial charge in [-0.15, -0.1) is 5.10 Å². The van der Waals surface area contributed by atoms with Crippen molar-refractivity contribution in [2.75, 3.05) is 6.54 Å². The minimum atomic E-state index is -0.779. The molecule has 0 bridgehead atoms. The molecule has 12 heavy (non-hydrogen) atoms. The fourth-order valence-electron chi connectivity index (χ4n) is 1.95. The molecule has 1 saturated heterocycles. The summed E-state index contributed by atoms with van der Waals surface area (Å²) in [7, 11) is 0. The monoisotopic (exact) mass is 166 g/mol. The maximum atomic E-state index is 10.8. The average molecular weight is 166 g/mol. The van der Waals surface area contributed by atoms with Crippen LogP contribution in [0.15, 0.2) is 11.7 Å². The minimum absolute atomic E-state index is 0.319. The second-order valence-corrected chi connectivity index (χ2v) is 3.32. The molecule has 0 spiro atoms. The van der Waals surface area contributed by atoms with E-state index in [0.717, 1.165) is 13.0 Å². The first kappa shape index (κ1) is 7.37. The van der Waals surface area contributed by atoms with Crippen molar-refractivity contribution >= 4 is 11.8 Å². The Hall–Kier alpha value is -1.28. The molecule has 1 aliphatic carbocycles. The van der Waals surface area contributed by atoms with Crippen LogP contribution in [0.1, 0.15) is 6.42 Å². The van der Waals surface area contributed by atoms with E-state index in [0.29, 0.717) is 11.8 Å². The molecule has 3 atom stereocenters. The van der Waals surface area contributed by atoms with Crippen LogP contribution in [-0.4, -0.2) is 34.5 Å². The Morgan fingerprint density at radius 3 is 3.08 bits per heavy atom. The molecule has 1 saturated carbocycles. The molecule has 0 radical (unpaired) electrons. The summed E-state index contributed by atoms with van der Waals surface area (Å²) in [5.41, 5.74) is 0. The Balaban J connectivity index is 2.15. The third-order valence-electron chi connectivity index (χ3n) is 2.58. The highest BCUT2D eigenvalue weighted by Crippen LogP contribution is 2.49. The summed E-state index contributed by atoms with van der Waals surface area (Å²) in [5.74, 6) is 2.46. The van der Waals surface area contributed by atoms with E-state index in [9.17, 15) is 4.79 Å². The largest absolute Gasteiger partial charge is 0.480 e. The molecule has 0 aromatic carbocycles. The van der Waals surface area contributed by atoms with Crippen LogP contribution in [0.5, 0.6) is 0 Å². The number of carboxylic acid groups (broad SMARTS) is 1. The maximum absolute atomic E-state index is 10.8. The van der Waals surface area contributed by atoms with Crippen molar-refractivity contribution in [2.45, 2.75) is 12.5 Å². The van der Waals surface area contributed by atoms with Crippen LogP contribution in [0.25, 0.3) is 0 Å². The lowest BCUT2D eigenvalue weighted by Crippen LogP contribution is -2.35. The lowest BCUT2D eigenvalue weighted by atomic mass is 10.2. The molecule has 4 heteroatoms. The van der Waals surface area contributed by atoms with Crippen molar-refractivity contribution in [3.63, 3.8) is 0 Å². The van der Waals surface area contributed by atoms with Crippen LogP contribution in [-0.2, 0) is 4.79 Å². The molecule has 64 valence electrons. The fourth-order valence-corrected chi connectivity index (χ4v) is 1.95. The molecule has 1 N–H and O–H groups in total. The number of carbonyl (C=O) groups is 1. The van der Waals surface area contributed by atoms with Crippen LogP contribution in [0, 0.1) is 11.8 Å². The second kappa shape index (κ2) is 2.35. The predicted molar refractivity (Wildman–Crippen MR) is 42.8 cm³/mol. The van der Waals surface area contributed by atoms with Gasteiger partial charge in [0, 0.05) is 12.4 Å². The normalized spacial score (nSPS) is 37.0. The molecule has 0 aromatic heterocycles. The van der Waals surface area contributed by atoms with E-state index < -0.39 is 12.0 Å². The summed E-state index contributed by atoms with van der Waals surface area (Å²) in [6.45, 7) is 4.09. The number of carboxylic acids is 1. The molecule has 3 unspecified atom stereocenters. The number of hydrogen-bond acceptors (Lipinski definition) is 3. The summed E-state index contributed by atoms with van der Waals surface area (Å²) in [5, 5.41) is 14.2. The number of nitrogens with zero attached hydrogens (tertiary/aromatic N) is 2. The molecule has 1 aliphatic heterocycles. The van der Waals surface area contributed by atoms with Gasteiger partial charge >= 0.3 is 5.97 Å². The Morgan fingerprint density at radius 2 is 2.50 bits per heavy atom. The highest BCUT2D eigenvalue weighted by Gasteiger charge is 2.55. The third-order valence-corrected chi connectivity index (χ3v) is 2.58. The van der Waals surface area contributed by atoms with Gasteiger partial charge in [0.2, 0.25) is 0 Å². The van der Waals surface area contributed by atoms with E-state index in [-0.39, 0.29) is 0 Å². The Kier molecular flexibility index (Phi) is 1.45. The number of piperidine rings is 1. The first-order valence-electron chi connectivity index (χ1n) is 3.96. The Bertz CT molecular complexity index is 270. The van der Waals surface area contributed by atoms with E-state index in [1.54, 1.807) is 5.01 Å². The zero-order chi connectivity index (χ0) is 8.72. The number of hydrazone groups is 1. The van der Waals surface area contributed by atoms with E-state index in [1.807, 2.05) is 0 Å². The quantitative estimate of drug-likeness (QED) is 0.594. The second-order valence-electron chi connectivity index (χ2n) is 3.32. The van der Waals surface area contributed by atoms with Crippen LogP contribution in [0.2, 0.25) is 0 Å². The van der Waals surface area contributed by atoms with Gasteiger partial charge in [0.15, 0.2) is 0 Å². The minimum Gasteiger partial charge on any atom is -0.480 e. The van der Waals surface area contributed by atoms with Crippen molar-refractivity contribution in [3.05, 3.63) is 6.58 Å². The Labute approximate surface area is 70.2 Å². The molecule has 0 aromatic rings. The van der Waals surface area contributed by atoms with Crippen molar-refractivity contribution in [1.29, 1.82) is 0 Å². The fraction of sp³-hybridized carbons (Fsp3) is 0.625. The van der Waals surface area contributed by atoms with Crippen LogP contribution in [0.4, 0.5) is 0 Å². The average Bonchev–Trinajstić information content (AvgIpc) is 2.62. The first-order valence-corrected chi connectivity index (χ1v) is 3.96. The van der Waals surface area contributed by atoms with Gasteiger partial charge in [0.1, 0.15) is 6.04 Å². The van der Waals surface area contributed by atoms with E-state index in [2.05, 4.69) is 17.6 Å². The molecule has 2 aliphatic rings. The number of fused-ring (bicyclic) bond motifs is 1. The van der Waals surface area contributed by atoms with Crippen molar-refractivity contribution in [3.8, 4) is 0 Å². The summed E-state index contributed by atoms with van der Waals surface area (Å²) < 4.78 is 0. The van der Waals surface area contributed by atoms with Gasteiger partial charge in [-0.25, -0.2) is 4.79 Å². The van der Waals surface area contributed by atoms with E-state index >= 15 is 0 Å².